The SMILES string of the molecule is CCc1ccc([C@@H](C)NC(=O)N2CCC3(CC2)N=C(N)NC3=O)cc1. The molecule has 0 saturated carbocycles. The maximum Gasteiger partial charge on any atom is 0.317 e. The molecule has 3 rings (SSSR count). The van der Waals surface area contributed by atoms with Crippen molar-refractivity contribution < 1.29 is 9.59 Å². The first kappa shape index (κ1) is 17.3. The number of carbonyl (C=O) groups excluding carboxylic acids is 2. The number of piperidine rings is 1. The van der Waals surface area contributed by atoms with Crippen LogP contribution in [-0.2, 0) is 11.2 Å². The number of nitrogens with two attached hydrogens (primary N) is 1. The Bertz CT molecular complexity index is 690. The molecule has 1 spiro atoms. The molecule has 3 amide bonds. The molecule has 4 N–H and O–H groups in total. The Morgan fingerprint density at radius 2 is 2.00 bits per heavy atom. The van der Waals surface area contributed by atoms with E-state index in [2.05, 4.69) is 46.8 Å². The van der Waals surface area contributed by atoms with Crippen LogP contribution in [0.5, 0.6) is 0 Å². The molecule has 1 saturated heterocycles. The fraction of sp³-hybridized carbons (Fsp3) is 0.500. The highest BCUT2D eigenvalue weighted by Gasteiger charge is 2.46. The van der Waals surface area contributed by atoms with E-state index in [-0.39, 0.29) is 23.9 Å². The summed E-state index contributed by atoms with van der Waals surface area (Å²) in [7, 11) is 0. The second kappa shape index (κ2) is 6.74. The van der Waals surface area contributed by atoms with Crippen LogP contribution < -0.4 is 16.4 Å². The molecule has 2 aliphatic rings. The summed E-state index contributed by atoms with van der Waals surface area (Å²) in [4.78, 5) is 30.5. The van der Waals surface area contributed by atoms with Crippen LogP contribution in [0, 0.1) is 0 Å². The predicted octanol–water partition coefficient (Wildman–Crippen LogP) is 1.30. The van der Waals surface area contributed by atoms with E-state index in [1.165, 1.54) is 5.56 Å². The Kier molecular flexibility index (Phi) is 4.65. The molecule has 1 aromatic carbocycles. The number of aryl methyl sites for hydroxylation is 1. The number of urea groups is 1. The van der Waals surface area contributed by atoms with Gasteiger partial charge in [-0.05, 0) is 37.3 Å². The van der Waals surface area contributed by atoms with Crippen LogP contribution in [0.25, 0.3) is 0 Å². The molecule has 7 heteroatoms. The number of carbonyl (C=O) groups is 2. The molecule has 0 aliphatic carbocycles. The molecular formula is C18H25N5O2. The number of nitrogens with one attached hydrogen (secondary N) is 2. The van der Waals surface area contributed by atoms with E-state index < -0.39 is 5.54 Å². The van der Waals surface area contributed by atoms with Gasteiger partial charge in [0.25, 0.3) is 5.91 Å². The van der Waals surface area contributed by atoms with Crippen LogP contribution in [0.3, 0.4) is 0 Å². The number of likely N-dealkylation sites (tertiary alicyclic amines) is 1. The van der Waals surface area contributed by atoms with Gasteiger partial charge in [0.05, 0.1) is 6.04 Å². The number of benzene rings is 1. The molecule has 2 heterocycles. The zero-order valence-corrected chi connectivity index (χ0v) is 14.7. The minimum absolute atomic E-state index is 0.0715. The molecule has 1 atom stereocenters. The summed E-state index contributed by atoms with van der Waals surface area (Å²) in [5.41, 5.74) is 7.16. The quantitative estimate of drug-likeness (QED) is 0.771. The third-order valence-electron chi connectivity index (χ3n) is 5.10. The molecule has 0 unspecified atom stereocenters. The van der Waals surface area contributed by atoms with Crippen molar-refractivity contribution in [3.05, 3.63) is 35.4 Å². The minimum atomic E-state index is -0.789. The lowest BCUT2D eigenvalue weighted by Gasteiger charge is -2.35. The highest BCUT2D eigenvalue weighted by molar-refractivity contribution is 6.06. The minimum Gasteiger partial charge on any atom is -0.370 e. The molecule has 0 aromatic heterocycles. The van der Waals surface area contributed by atoms with Gasteiger partial charge in [-0.2, -0.15) is 0 Å². The smallest absolute Gasteiger partial charge is 0.317 e. The maximum atomic E-state index is 12.5. The van der Waals surface area contributed by atoms with Gasteiger partial charge in [-0.25, -0.2) is 9.79 Å². The first-order chi connectivity index (χ1) is 11.9. The fourth-order valence-corrected chi connectivity index (χ4v) is 3.36. The van der Waals surface area contributed by atoms with Crippen molar-refractivity contribution in [2.45, 2.75) is 44.7 Å². The van der Waals surface area contributed by atoms with Gasteiger partial charge in [-0.15, -0.1) is 0 Å². The summed E-state index contributed by atoms with van der Waals surface area (Å²) in [5, 5.41) is 5.58. The monoisotopic (exact) mass is 343 g/mol. The van der Waals surface area contributed by atoms with E-state index in [1.54, 1.807) is 4.90 Å². The first-order valence-corrected chi connectivity index (χ1v) is 8.74. The van der Waals surface area contributed by atoms with Gasteiger partial charge in [-0.3, -0.25) is 10.1 Å². The summed E-state index contributed by atoms with van der Waals surface area (Å²) in [6.07, 6.45) is 1.98. The summed E-state index contributed by atoms with van der Waals surface area (Å²) >= 11 is 0. The van der Waals surface area contributed by atoms with Gasteiger partial charge < -0.3 is 16.0 Å². The Balaban J connectivity index is 1.56. The van der Waals surface area contributed by atoms with E-state index in [1.807, 2.05) is 6.92 Å². The molecular weight excluding hydrogens is 318 g/mol. The van der Waals surface area contributed by atoms with Crippen LogP contribution in [0.2, 0.25) is 0 Å². The number of hydrogen-bond acceptors (Lipinski definition) is 4. The second-order valence-corrected chi connectivity index (χ2v) is 6.74. The summed E-state index contributed by atoms with van der Waals surface area (Å²) in [6.45, 7) is 5.06. The molecule has 0 radical (unpaired) electrons. The average Bonchev–Trinajstić information content (AvgIpc) is 2.88. The fourth-order valence-electron chi connectivity index (χ4n) is 3.36. The van der Waals surface area contributed by atoms with Crippen LogP contribution >= 0.6 is 0 Å². The van der Waals surface area contributed by atoms with E-state index in [9.17, 15) is 9.59 Å². The maximum absolute atomic E-state index is 12.5. The second-order valence-electron chi connectivity index (χ2n) is 6.74. The standard InChI is InChI=1S/C18H25N5O2/c1-3-13-4-6-14(7-5-13)12(2)20-17(25)23-10-8-18(9-11-23)15(24)21-16(19)22-18/h4-7,12H,3,8-11H2,1-2H3,(H,20,25)(H3,19,21,22,24)/t12-/m1/s1. The molecule has 25 heavy (non-hydrogen) atoms. The molecule has 1 fully saturated rings. The van der Waals surface area contributed by atoms with Gasteiger partial charge in [0, 0.05) is 13.1 Å². The normalized spacial score (nSPS) is 20.2. The first-order valence-electron chi connectivity index (χ1n) is 8.74. The largest absolute Gasteiger partial charge is 0.370 e. The van der Waals surface area contributed by atoms with Gasteiger partial charge >= 0.3 is 6.03 Å². The number of hydrogen-bond donors (Lipinski definition) is 3. The summed E-state index contributed by atoms with van der Waals surface area (Å²) in [6, 6.07) is 8.09. The van der Waals surface area contributed by atoms with Crippen LogP contribution in [0.4, 0.5) is 4.79 Å². The zero-order chi connectivity index (χ0) is 18.0. The van der Waals surface area contributed by atoms with Crippen molar-refractivity contribution in [1.29, 1.82) is 0 Å². The Labute approximate surface area is 147 Å². The van der Waals surface area contributed by atoms with Crippen molar-refractivity contribution in [2.75, 3.05) is 13.1 Å². The average molecular weight is 343 g/mol. The van der Waals surface area contributed by atoms with Gasteiger partial charge in [0.2, 0.25) is 0 Å². The molecule has 134 valence electrons. The highest BCUT2D eigenvalue weighted by Crippen LogP contribution is 2.29. The van der Waals surface area contributed by atoms with Crippen molar-refractivity contribution >= 4 is 17.9 Å². The zero-order valence-electron chi connectivity index (χ0n) is 14.7. The summed E-state index contributed by atoms with van der Waals surface area (Å²) in [5.74, 6) is 0.0153. The van der Waals surface area contributed by atoms with Gasteiger partial charge in [-0.1, -0.05) is 31.2 Å². The molecule has 7 nitrogen and oxygen atoms in total. The molecule has 0 bridgehead atoms. The third-order valence-corrected chi connectivity index (χ3v) is 5.10. The number of guanidine groups is 1. The van der Waals surface area contributed by atoms with E-state index in [0.717, 1.165) is 12.0 Å². The van der Waals surface area contributed by atoms with Crippen molar-refractivity contribution in [3.63, 3.8) is 0 Å². The van der Waals surface area contributed by atoms with E-state index >= 15 is 0 Å². The molecule has 1 aromatic rings. The van der Waals surface area contributed by atoms with Crippen LogP contribution in [-0.4, -0.2) is 41.4 Å². The number of nitrogens with zero attached hydrogens (tertiary/aromatic N) is 2. The number of aliphatic imine (C=N–C) groups is 1. The lowest BCUT2D eigenvalue weighted by Crippen LogP contribution is -2.52. The van der Waals surface area contributed by atoms with Crippen molar-refractivity contribution in [3.8, 4) is 0 Å². The van der Waals surface area contributed by atoms with Crippen molar-refractivity contribution in [2.24, 2.45) is 10.7 Å². The Morgan fingerprint density at radius 1 is 1.36 bits per heavy atom. The van der Waals surface area contributed by atoms with E-state index in [4.69, 9.17) is 5.73 Å². The highest BCUT2D eigenvalue weighted by atomic mass is 16.2. The summed E-state index contributed by atoms with van der Waals surface area (Å²) < 4.78 is 0. The van der Waals surface area contributed by atoms with Crippen LogP contribution in [0.1, 0.15) is 43.9 Å². The van der Waals surface area contributed by atoms with E-state index in [0.29, 0.717) is 25.9 Å². The topological polar surface area (TPSA) is 99.8 Å². The number of amides is 3. The predicted molar refractivity (Wildman–Crippen MR) is 96.1 cm³/mol. The van der Waals surface area contributed by atoms with Crippen molar-refractivity contribution in [1.82, 2.24) is 15.5 Å². The third kappa shape index (κ3) is 3.45. The van der Waals surface area contributed by atoms with Crippen LogP contribution in [0.15, 0.2) is 29.3 Å². The molecule has 2 aliphatic heterocycles. The van der Waals surface area contributed by atoms with Gasteiger partial charge in [0.15, 0.2) is 5.96 Å². The Hall–Kier alpha value is -2.57. The number of rotatable bonds is 3. The lowest BCUT2D eigenvalue weighted by molar-refractivity contribution is -0.125. The lowest BCUT2D eigenvalue weighted by atomic mass is 9.88. The van der Waals surface area contributed by atoms with Gasteiger partial charge in [0.1, 0.15) is 5.54 Å². The Morgan fingerprint density at radius 3 is 2.52 bits per heavy atom.